The molecule has 0 atom stereocenters. The quantitative estimate of drug-likeness (QED) is 0.830. The monoisotopic (exact) mass is 351 g/mol. The second-order valence-corrected chi connectivity index (χ2v) is 5.61. The molecule has 0 unspecified atom stereocenters. The molecule has 2 nitrogen and oxygen atoms in total. The first-order valence-corrected chi connectivity index (χ1v) is 6.98. The predicted molar refractivity (Wildman–Crippen MR) is 76.2 cm³/mol. The Morgan fingerprint density at radius 3 is 2.88 bits per heavy atom. The van der Waals surface area contributed by atoms with E-state index in [1.807, 2.05) is 25.1 Å². The highest BCUT2D eigenvalue weighted by Gasteiger charge is 2.29. The summed E-state index contributed by atoms with van der Waals surface area (Å²) in [5, 5.41) is 4.30. The van der Waals surface area contributed by atoms with Gasteiger partial charge in [-0.15, -0.1) is 0 Å². The molecule has 0 heterocycles. The van der Waals surface area contributed by atoms with Crippen molar-refractivity contribution < 1.29 is 4.74 Å². The van der Waals surface area contributed by atoms with Gasteiger partial charge in [0.15, 0.2) is 0 Å². The van der Waals surface area contributed by atoms with Crippen LogP contribution in [0.3, 0.4) is 0 Å². The van der Waals surface area contributed by atoms with Crippen LogP contribution in [0.5, 0.6) is 0 Å². The van der Waals surface area contributed by atoms with Crippen LogP contribution in [0.25, 0.3) is 0 Å². The van der Waals surface area contributed by atoms with E-state index in [0.717, 1.165) is 24.5 Å². The molecule has 0 aromatic heterocycles. The van der Waals surface area contributed by atoms with Gasteiger partial charge in [0.05, 0.1) is 6.10 Å². The average Bonchev–Trinajstić information content (AvgIpc) is 2.18. The molecule has 2 rings (SSSR count). The largest absolute Gasteiger partial charge is 0.381 e. The number of hydrogen-bond acceptors (Lipinski definition) is 2. The highest BCUT2D eigenvalue weighted by atomic mass is 127. The Morgan fingerprint density at radius 2 is 2.25 bits per heavy atom. The number of hydrogen-bond donors (Lipinski definition) is 1. The Hall–Kier alpha value is -0.000000000000000111. The van der Waals surface area contributed by atoms with Crippen LogP contribution in [0.2, 0.25) is 5.02 Å². The molecule has 16 heavy (non-hydrogen) atoms. The standard InChI is InChI=1S/C12H15ClINO/c1-2-16-10-6-9(7-10)15-12-4-3-8(13)5-11(12)14/h3-5,9-10,15H,2,6-7H2,1H3. The molecule has 1 N–H and O–H groups in total. The molecule has 0 amide bonds. The summed E-state index contributed by atoms with van der Waals surface area (Å²) in [5.74, 6) is 0. The normalized spacial score (nSPS) is 23.9. The molecule has 1 aromatic carbocycles. The molecule has 0 bridgehead atoms. The van der Waals surface area contributed by atoms with Crippen LogP contribution in [-0.4, -0.2) is 18.8 Å². The molecule has 1 aromatic rings. The van der Waals surface area contributed by atoms with E-state index in [4.69, 9.17) is 16.3 Å². The molecule has 1 fully saturated rings. The van der Waals surface area contributed by atoms with E-state index < -0.39 is 0 Å². The smallest absolute Gasteiger partial charge is 0.0614 e. The van der Waals surface area contributed by atoms with Crippen molar-refractivity contribution in [2.45, 2.75) is 31.9 Å². The van der Waals surface area contributed by atoms with Gasteiger partial charge in [-0.25, -0.2) is 0 Å². The first-order valence-electron chi connectivity index (χ1n) is 5.52. The summed E-state index contributed by atoms with van der Waals surface area (Å²) in [4.78, 5) is 0. The summed E-state index contributed by atoms with van der Waals surface area (Å²) >= 11 is 8.22. The van der Waals surface area contributed by atoms with Gasteiger partial charge in [-0.05, 0) is 60.6 Å². The maximum Gasteiger partial charge on any atom is 0.0614 e. The lowest BCUT2D eigenvalue weighted by Crippen LogP contribution is -2.40. The SMILES string of the molecule is CCOC1CC(Nc2ccc(Cl)cc2I)C1. The van der Waals surface area contributed by atoms with Crippen molar-refractivity contribution in [2.24, 2.45) is 0 Å². The molecule has 0 radical (unpaired) electrons. The molecular weight excluding hydrogens is 336 g/mol. The van der Waals surface area contributed by atoms with Crippen LogP contribution in [0, 0.1) is 3.57 Å². The van der Waals surface area contributed by atoms with E-state index in [1.54, 1.807) is 0 Å². The van der Waals surface area contributed by atoms with E-state index in [-0.39, 0.29) is 0 Å². The Kier molecular flexibility index (Phi) is 4.33. The maximum absolute atomic E-state index is 5.91. The first kappa shape index (κ1) is 12.5. The van der Waals surface area contributed by atoms with Crippen LogP contribution in [0.4, 0.5) is 5.69 Å². The van der Waals surface area contributed by atoms with Gasteiger partial charge in [-0.3, -0.25) is 0 Å². The first-order chi connectivity index (χ1) is 7.69. The molecular formula is C12H15ClINO. The summed E-state index contributed by atoms with van der Waals surface area (Å²) in [6.07, 6.45) is 2.66. The van der Waals surface area contributed by atoms with Gasteiger partial charge in [0, 0.05) is 26.9 Å². The molecule has 1 saturated carbocycles. The Balaban J connectivity index is 1.87. The zero-order chi connectivity index (χ0) is 11.5. The van der Waals surface area contributed by atoms with Crippen LogP contribution in [-0.2, 0) is 4.74 Å². The molecule has 0 saturated heterocycles. The van der Waals surface area contributed by atoms with Crippen molar-refractivity contribution in [3.8, 4) is 0 Å². The van der Waals surface area contributed by atoms with Gasteiger partial charge in [0.25, 0.3) is 0 Å². The third kappa shape index (κ3) is 3.02. The minimum absolute atomic E-state index is 0.451. The van der Waals surface area contributed by atoms with Gasteiger partial charge in [-0.2, -0.15) is 0 Å². The van der Waals surface area contributed by atoms with Gasteiger partial charge >= 0.3 is 0 Å². The minimum Gasteiger partial charge on any atom is -0.381 e. The fourth-order valence-electron chi connectivity index (χ4n) is 1.88. The van der Waals surface area contributed by atoms with Crippen molar-refractivity contribution in [1.82, 2.24) is 0 Å². The maximum atomic E-state index is 5.91. The van der Waals surface area contributed by atoms with Gasteiger partial charge in [-0.1, -0.05) is 11.6 Å². The third-order valence-electron chi connectivity index (χ3n) is 2.79. The fourth-order valence-corrected chi connectivity index (χ4v) is 2.91. The van der Waals surface area contributed by atoms with Gasteiger partial charge < -0.3 is 10.1 Å². The predicted octanol–water partition coefficient (Wildman–Crippen LogP) is 3.92. The number of nitrogens with one attached hydrogen (secondary N) is 1. The Bertz CT molecular complexity index is 366. The van der Waals surface area contributed by atoms with E-state index in [0.29, 0.717) is 12.1 Å². The highest BCUT2D eigenvalue weighted by molar-refractivity contribution is 14.1. The topological polar surface area (TPSA) is 21.3 Å². The minimum atomic E-state index is 0.451. The Morgan fingerprint density at radius 1 is 1.50 bits per heavy atom. The Labute approximate surface area is 115 Å². The molecule has 4 heteroatoms. The molecule has 88 valence electrons. The fraction of sp³-hybridized carbons (Fsp3) is 0.500. The molecule has 0 spiro atoms. The second-order valence-electron chi connectivity index (χ2n) is 4.01. The number of ether oxygens (including phenoxy) is 1. The van der Waals surface area contributed by atoms with Crippen molar-refractivity contribution in [2.75, 3.05) is 11.9 Å². The lowest BCUT2D eigenvalue weighted by molar-refractivity contribution is 0.00298. The zero-order valence-electron chi connectivity index (χ0n) is 9.17. The van der Waals surface area contributed by atoms with Crippen molar-refractivity contribution in [1.29, 1.82) is 0 Å². The summed E-state index contributed by atoms with van der Waals surface area (Å²) in [7, 11) is 0. The van der Waals surface area contributed by atoms with Crippen LogP contribution < -0.4 is 5.32 Å². The number of benzene rings is 1. The summed E-state index contributed by atoms with van der Waals surface area (Å²) in [6.45, 7) is 2.86. The lowest BCUT2D eigenvalue weighted by atomic mass is 9.89. The molecule has 1 aliphatic carbocycles. The van der Waals surface area contributed by atoms with Crippen molar-refractivity contribution >= 4 is 39.9 Å². The van der Waals surface area contributed by atoms with Crippen LogP contribution in [0.1, 0.15) is 19.8 Å². The summed E-state index contributed by atoms with van der Waals surface area (Å²) in [6, 6.07) is 6.48. The second kappa shape index (κ2) is 5.56. The number of rotatable bonds is 4. The van der Waals surface area contributed by atoms with Crippen molar-refractivity contribution in [3.63, 3.8) is 0 Å². The van der Waals surface area contributed by atoms with E-state index in [9.17, 15) is 0 Å². The van der Waals surface area contributed by atoms with Crippen LogP contribution >= 0.6 is 34.2 Å². The van der Waals surface area contributed by atoms with Gasteiger partial charge in [0.2, 0.25) is 0 Å². The number of halogens is 2. The summed E-state index contributed by atoms with van der Waals surface area (Å²) < 4.78 is 6.70. The summed E-state index contributed by atoms with van der Waals surface area (Å²) in [5.41, 5.74) is 1.17. The van der Waals surface area contributed by atoms with E-state index in [2.05, 4.69) is 27.9 Å². The molecule has 1 aliphatic rings. The molecule has 0 aliphatic heterocycles. The number of anilines is 1. The van der Waals surface area contributed by atoms with E-state index >= 15 is 0 Å². The zero-order valence-corrected chi connectivity index (χ0v) is 12.1. The van der Waals surface area contributed by atoms with E-state index in [1.165, 1.54) is 9.26 Å². The third-order valence-corrected chi connectivity index (χ3v) is 3.92. The van der Waals surface area contributed by atoms with Crippen LogP contribution in [0.15, 0.2) is 18.2 Å². The van der Waals surface area contributed by atoms with Gasteiger partial charge in [0.1, 0.15) is 0 Å². The van der Waals surface area contributed by atoms with Crippen molar-refractivity contribution in [3.05, 3.63) is 26.8 Å². The average molecular weight is 352 g/mol. The lowest BCUT2D eigenvalue weighted by Gasteiger charge is -2.36. The highest BCUT2D eigenvalue weighted by Crippen LogP contribution is 2.29.